The number of ether oxygens (including phenoxy) is 1. The lowest BCUT2D eigenvalue weighted by atomic mass is 9.90. The number of likely N-dealkylation sites (tertiary alicyclic amines) is 1. The SMILES string of the molecule is Cc1ccccc1N1CCC(O)(CN2CCC[C@@](O)(COc3ccc(Cl)c(Cl)c3)CC2)CC1. The molecule has 0 aliphatic carbocycles. The summed E-state index contributed by atoms with van der Waals surface area (Å²) in [7, 11) is 0. The molecule has 0 aromatic heterocycles. The van der Waals surface area contributed by atoms with E-state index in [1.54, 1.807) is 18.2 Å². The average Bonchev–Trinajstić information content (AvgIpc) is 2.97. The molecule has 2 N–H and O–H groups in total. The second kappa shape index (κ2) is 10.4. The van der Waals surface area contributed by atoms with Crippen molar-refractivity contribution < 1.29 is 14.9 Å². The molecule has 4 rings (SSSR count). The number of aliphatic hydroxyl groups is 2. The van der Waals surface area contributed by atoms with E-state index in [1.165, 1.54) is 11.3 Å². The predicted octanol–water partition coefficient (Wildman–Crippen LogP) is 4.93. The van der Waals surface area contributed by atoms with Crippen LogP contribution in [-0.4, -0.2) is 65.6 Å². The van der Waals surface area contributed by atoms with Crippen molar-refractivity contribution in [2.24, 2.45) is 0 Å². The Morgan fingerprint density at radius 2 is 1.61 bits per heavy atom. The molecule has 5 nitrogen and oxygen atoms in total. The Hall–Kier alpha value is -1.50. The summed E-state index contributed by atoms with van der Waals surface area (Å²) in [6, 6.07) is 13.6. The summed E-state index contributed by atoms with van der Waals surface area (Å²) < 4.78 is 5.84. The number of hydrogen-bond acceptors (Lipinski definition) is 5. The highest BCUT2D eigenvalue weighted by Crippen LogP contribution is 2.31. The zero-order valence-corrected chi connectivity index (χ0v) is 20.8. The first kappa shape index (κ1) is 24.6. The van der Waals surface area contributed by atoms with E-state index >= 15 is 0 Å². The summed E-state index contributed by atoms with van der Waals surface area (Å²) in [5, 5.41) is 23.4. The normalized spacial score (nSPS) is 23.8. The van der Waals surface area contributed by atoms with Gasteiger partial charge in [-0.2, -0.15) is 0 Å². The Labute approximate surface area is 206 Å². The van der Waals surface area contributed by atoms with Crippen molar-refractivity contribution >= 4 is 28.9 Å². The van der Waals surface area contributed by atoms with Gasteiger partial charge in [0, 0.05) is 37.9 Å². The molecule has 2 saturated heterocycles. The number of aryl methyl sites for hydroxylation is 1. The van der Waals surface area contributed by atoms with E-state index in [4.69, 9.17) is 27.9 Å². The second-order valence-corrected chi connectivity index (χ2v) is 10.5. The van der Waals surface area contributed by atoms with Crippen LogP contribution in [-0.2, 0) is 0 Å². The van der Waals surface area contributed by atoms with Crippen molar-refractivity contribution in [3.05, 3.63) is 58.1 Å². The van der Waals surface area contributed by atoms with Crippen molar-refractivity contribution in [3.63, 3.8) is 0 Å². The van der Waals surface area contributed by atoms with Gasteiger partial charge in [-0.25, -0.2) is 0 Å². The van der Waals surface area contributed by atoms with E-state index in [-0.39, 0.29) is 6.61 Å². The van der Waals surface area contributed by atoms with Gasteiger partial charge in [-0.1, -0.05) is 41.4 Å². The lowest BCUT2D eigenvalue weighted by Gasteiger charge is -2.42. The highest BCUT2D eigenvalue weighted by molar-refractivity contribution is 6.42. The van der Waals surface area contributed by atoms with Crippen LogP contribution in [0.3, 0.4) is 0 Å². The summed E-state index contributed by atoms with van der Waals surface area (Å²) in [5.74, 6) is 0.605. The van der Waals surface area contributed by atoms with Crippen LogP contribution in [0, 0.1) is 6.92 Å². The van der Waals surface area contributed by atoms with Gasteiger partial charge in [-0.3, -0.25) is 0 Å². The Balaban J connectivity index is 1.28. The number of nitrogens with zero attached hydrogens (tertiary/aromatic N) is 2. The molecule has 7 heteroatoms. The fourth-order valence-corrected chi connectivity index (χ4v) is 5.27. The first-order chi connectivity index (χ1) is 15.8. The summed E-state index contributed by atoms with van der Waals surface area (Å²) in [4.78, 5) is 4.69. The molecule has 180 valence electrons. The minimum Gasteiger partial charge on any atom is -0.491 e. The first-order valence-electron chi connectivity index (χ1n) is 11.8. The zero-order valence-electron chi connectivity index (χ0n) is 19.3. The predicted molar refractivity (Wildman–Crippen MR) is 135 cm³/mol. The molecule has 2 aliphatic heterocycles. The van der Waals surface area contributed by atoms with Gasteiger partial charge in [0.25, 0.3) is 0 Å². The zero-order chi connectivity index (χ0) is 23.5. The van der Waals surface area contributed by atoms with Crippen LogP contribution in [0.15, 0.2) is 42.5 Å². The standard InChI is InChI=1S/C26H34Cl2N2O3/c1-20-5-2-3-6-24(20)30-15-11-25(31,12-16-30)18-29-13-4-9-26(32,10-14-29)19-33-21-7-8-22(27)23(28)17-21/h2-3,5-8,17,31-32H,4,9-16,18-19H2,1H3/t26-/m0/s1. The molecule has 2 heterocycles. The van der Waals surface area contributed by atoms with Crippen LogP contribution < -0.4 is 9.64 Å². The van der Waals surface area contributed by atoms with Crippen molar-refractivity contribution in [2.45, 2.75) is 50.2 Å². The molecular formula is C26H34Cl2N2O3. The third kappa shape index (κ3) is 6.34. The van der Waals surface area contributed by atoms with E-state index in [9.17, 15) is 10.2 Å². The maximum atomic E-state index is 11.3. The third-order valence-electron chi connectivity index (χ3n) is 7.08. The monoisotopic (exact) mass is 492 g/mol. The van der Waals surface area contributed by atoms with Gasteiger partial charge >= 0.3 is 0 Å². The van der Waals surface area contributed by atoms with Crippen LogP contribution in [0.5, 0.6) is 5.75 Å². The van der Waals surface area contributed by atoms with Crippen LogP contribution >= 0.6 is 23.2 Å². The lowest BCUT2D eigenvalue weighted by Crippen LogP contribution is -2.51. The Morgan fingerprint density at radius 3 is 2.33 bits per heavy atom. The molecule has 0 amide bonds. The molecule has 2 fully saturated rings. The molecule has 0 bridgehead atoms. The maximum Gasteiger partial charge on any atom is 0.121 e. The second-order valence-electron chi connectivity index (χ2n) is 9.72. The van der Waals surface area contributed by atoms with E-state index in [0.29, 0.717) is 35.2 Å². The Morgan fingerprint density at radius 1 is 0.879 bits per heavy atom. The molecular weight excluding hydrogens is 459 g/mol. The van der Waals surface area contributed by atoms with Crippen molar-refractivity contribution in [2.75, 3.05) is 44.2 Å². The molecule has 0 unspecified atom stereocenters. The topological polar surface area (TPSA) is 56.2 Å². The molecule has 0 saturated carbocycles. The largest absolute Gasteiger partial charge is 0.491 e. The summed E-state index contributed by atoms with van der Waals surface area (Å²) in [6.45, 7) is 6.34. The minimum atomic E-state index is -0.891. The number of benzene rings is 2. The van der Waals surface area contributed by atoms with E-state index in [0.717, 1.165) is 45.4 Å². The van der Waals surface area contributed by atoms with Gasteiger partial charge in [-0.05, 0) is 69.3 Å². The molecule has 0 spiro atoms. The third-order valence-corrected chi connectivity index (χ3v) is 7.82. The highest BCUT2D eigenvalue weighted by atomic mass is 35.5. The van der Waals surface area contributed by atoms with Gasteiger partial charge in [0.1, 0.15) is 12.4 Å². The summed E-state index contributed by atoms with van der Waals surface area (Å²) in [6.07, 6.45) is 3.65. The highest BCUT2D eigenvalue weighted by Gasteiger charge is 2.37. The van der Waals surface area contributed by atoms with Crippen molar-refractivity contribution in [3.8, 4) is 5.75 Å². The van der Waals surface area contributed by atoms with Crippen LogP contribution in [0.4, 0.5) is 5.69 Å². The fraction of sp³-hybridized carbons (Fsp3) is 0.538. The smallest absolute Gasteiger partial charge is 0.121 e. The number of anilines is 1. The van der Waals surface area contributed by atoms with Gasteiger partial charge < -0.3 is 24.7 Å². The molecule has 33 heavy (non-hydrogen) atoms. The first-order valence-corrected chi connectivity index (χ1v) is 12.6. The number of halogens is 2. The van der Waals surface area contributed by atoms with Gasteiger partial charge in [0.2, 0.25) is 0 Å². The fourth-order valence-electron chi connectivity index (χ4n) is 4.98. The number of hydrogen-bond donors (Lipinski definition) is 2. The van der Waals surface area contributed by atoms with Crippen molar-refractivity contribution in [1.29, 1.82) is 0 Å². The van der Waals surface area contributed by atoms with Gasteiger partial charge in [0.05, 0.1) is 21.2 Å². The van der Waals surface area contributed by atoms with E-state index in [2.05, 4.69) is 41.0 Å². The van der Waals surface area contributed by atoms with E-state index in [1.807, 2.05) is 0 Å². The quantitative estimate of drug-likeness (QED) is 0.598. The Kier molecular flexibility index (Phi) is 7.76. The molecule has 2 aromatic carbocycles. The van der Waals surface area contributed by atoms with E-state index < -0.39 is 11.2 Å². The molecule has 2 aromatic rings. The van der Waals surface area contributed by atoms with Crippen LogP contribution in [0.1, 0.15) is 37.7 Å². The van der Waals surface area contributed by atoms with Gasteiger partial charge in [-0.15, -0.1) is 0 Å². The maximum absolute atomic E-state index is 11.3. The lowest BCUT2D eigenvalue weighted by molar-refractivity contribution is -0.0283. The molecule has 0 radical (unpaired) electrons. The summed E-state index contributed by atoms with van der Waals surface area (Å²) in [5.41, 5.74) is 0.967. The average molecular weight is 493 g/mol. The number of piperidine rings is 1. The van der Waals surface area contributed by atoms with Crippen molar-refractivity contribution in [1.82, 2.24) is 4.90 Å². The number of β-amino-alcohol motifs (C(OH)–C–C–N with tert-alkyl or cyclic N) is 1. The Bertz CT molecular complexity index is 949. The van der Waals surface area contributed by atoms with Gasteiger partial charge in [0.15, 0.2) is 0 Å². The number of para-hydroxylation sites is 1. The summed E-state index contributed by atoms with van der Waals surface area (Å²) >= 11 is 12.0. The van der Waals surface area contributed by atoms with Crippen LogP contribution in [0.25, 0.3) is 0 Å². The molecule has 2 aliphatic rings. The molecule has 1 atom stereocenters. The number of rotatable bonds is 6. The minimum absolute atomic E-state index is 0.217. The van der Waals surface area contributed by atoms with Crippen LogP contribution in [0.2, 0.25) is 10.0 Å².